The molecule has 0 radical (unpaired) electrons. The van der Waals surface area contributed by atoms with Crippen molar-refractivity contribution in [3.05, 3.63) is 53.0 Å². The van der Waals surface area contributed by atoms with E-state index >= 15 is 0 Å². The number of rotatable bonds is 3. The summed E-state index contributed by atoms with van der Waals surface area (Å²) < 4.78 is 1.07. The van der Waals surface area contributed by atoms with Crippen molar-refractivity contribution in [2.24, 2.45) is 0 Å². The van der Waals surface area contributed by atoms with Crippen LogP contribution in [-0.2, 0) is 0 Å². The Morgan fingerprint density at radius 1 is 1.10 bits per heavy atom. The third-order valence-corrected chi connectivity index (χ3v) is 4.03. The molecule has 0 atom stereocenters. The van der Waals surface area contributed by atoms with Crippen LogP contribution >= 0.6 is 27.7 Å². The van der Waals surface area contributed by atoms with Crippen LogP contribution in [0, 0.1) is 0 Å². The second-order valence-electron chi connectivity index (χ2n) is 4.41. The number of nitrogens with zero attached hydrogens (tertiary/aromatic N) is 1. The largest absolute Gasteiger partial charge is 0.331 e. The number of amides is 2. The summed E-state index contributed by atoms with van der Waals surface area (Å²) >= 11 is 5.14. The van der Waals surface area contributed by atoms with Crippen LogP contribution in [0.4, 0.5) is 10.5 Å². The number of nitrogens with one attached hydrogen (secondary N) is 1. The molecule has 0 saturated carbocycles. The smallest absolute Gasteiger partial charge is 0.321 e. The molecule has 2 amide bonds. The van der Waals surface area contributed by atoms with Crippen molar-refractivity contribution in [3.63, 3.8) is 0 Å². The molecule has 2 aromatic carbocycles. The Kier molecular flexibility index (Phi) is 5.09. The van der Waals surface area contributed by atoms with E-state index in [1.807, 2.05) is 36.4 Å². The van der Waals surface area contributed by atoms with E-state index in [-0.39, 0.29) is 6.03 Å². The van der Waals surface area contributed by atoms with Crippen LogP contribution in [0.2, 0.25) is 0 Å². The highest BCUT2D eigenvalue weighted by molar-refractivity contribution is 9.10. The maximum atomic E-state index is 11.5. The highest BCUT2D eigenvalue weighted by Gasteiger charge is 2.04. The molecule has 0 bridgehead atoms. The Morgan fingerprint density at radius 2 is 1.80 bits per heavy atom. The van der Waals surface area contributed by atoms with Gasteiger partial charge in [0, 0.05) is 34.0 Å². The highest BCUT2D eigenvalue weighted by atomic mass is 79.9. The van der Waals surface area contributed by atoms with Crippen LogP contribution in [0.25, 0.3) is 0 Å². The molecule has 2 aromatic rings. The summed E-state index contributed by atoms with van der Waals surface area (Å²) in [7, 11) is 3.43. The van der Waals surface area contributed by atoms with E-state index in [1.165, 1.54) is 9.80 Å². The van der Waals surface area contributed by atoms with Crippen LogP contribution in [-0.4, -0.2) is 25.0 Å². The number of halogens is 1. The van der Waals surface area contributed by atoms with Crippen LogP contribution in [0.5, 0.6) is 0 Å². The van der Waals surface area contributed by atoms with Crippen molar-refractivity contribution in [2.45, 2.75) is 9.79 Å². The average Bonchev–Trinajstić information content (AvgIpc) is 2.41. The van der Waals surface area contributed by atoms with Gasteiger partial charge in [-0.15, -0.1) is 0 Å². The van der Waals surface area contributed by atoms with Crippen molar-refractivity contribution in [1.29, 1.82) is 0 Å². The maximum absolute atomic E-state index is 11.5. The molecule has 0 aliphatic heterocycles. The molecule has 2 rings (SSSR count). The lowest BCUT2D eigenvalue weighted by Crippen LogP contribution is -2.27. The molecule has 0 aromatic heterocycles. The molecule has 0 aliphatic rings. The van der Waals surface area contributed by atoms with E-state index in [4.69, 9.17) is 0 Å². The first-order chi connectivity index (χ1) is 9.54. The number of anilines is 1. The maximum Gasteiger partial charge on any atom is 0.321 e. The Labute approximate surface area is 131 Å². The van der Waals surface area contributed by atoms with Gasteiger partial charge in [-0.3, -0.25) is 0 Å². The second-order valence-corrected chi connectivity index (χ2v) is 6.47. The van der Waals surface area contributed by atoms with Crippen molar-refractivity contribution in [2.75, 3.05) is 19.4 Å². The summed E-state index contributed by atoms with van der Waals surface area (Å²) in [5, 5.41) is 2.81. The lowest BCUT2D eigenvalue weighted by Gasteiger charge is -2.12. The van der Waals surface area contributed by atoms with Gasteiger partial charge in [0.2, 0.25) is 0 Å². The lowest BCUT2D eigenvalue weighted by atomic mass is 10.3. The molecule has 0 unspecified atom stereocenters. The van der Waals surface area contributed by atoms with Crippen LogP contribution in [0.1, 0.15) is 0 Å². The first kappa shape index (κ1) is 14.9. The quantitative estimate of drug-likeness (QED) is 0.870. The third kappa shape index (κ3) is 4.28. The number of urea groups is 1. The van der Waals surface area contributed by atoms with Crippen LogP contribution in [0.15, 0.2) is 62.8 Å². The number of benzene rings is 2. The first-order valence-electron chi connectivity index (χ1n) is 6.06. The van der Waals surface area contributed by atoms with Crippen molar-refractivity contribution in [1.82, 2.24) is 4.90 Å². The molecule has 3 nitrogen and oxygen atoms in total. The third-order valence-electron chi connectivity index (χ3n) is 2.54. The van der Waals surface area contributed by atoms with E-state index in [0.29, 0.717) is 0 Å². The topological polar surface area (TPSA) is 32.3 Å². The molecule has 20 heavy (non-hydrogen) atoms. The number of carbonyl (C=O) groups excluding carboxylic acids is 1. The Balaban J connectivity index is 2.03. The van der Waals surface area contributed by atoms with Gasteiger partial charge in [0.1, 0.15) is 0 Å². The normalized spacial score (nSPS) is 10.2. The minimum Gasteiger partial charge on any atom is -0.331 e. The molecule has 1 N–H and O–H groups in total. The number of carbonyl (C=O) groups is 1. The van der Waals surface area contributed by atoms with E-state index in [0.717, 1.165) is 15.1 Å². The summed E-state index contributed by atoms with van der Waals surface area (Å²) in [6.45, 7) is 0. The van der Waals surface area contributed by atoms with Gasteiger partial charge in [0.05, 0.1) is 0 Å². The van der Waals surface area contributed by atoms with Gasteiger partial charge in [-0.05, 0) is 42.5 Å². The number of hydrogen-bond acceptors (Lipinski definition) is 2. The summed E-state index contributed by atoms with van der Waals surface area (Å²) in [5.41, 5.74) is 0.794. The predicted molar refractivity (Wildman–Crippen MR) is 87.4 cm³/mol. The minimum absolute atomic E-state index is 0.127. The fraction of sp³-hybridized carbons (Fsp3) is 0.133. The highest BCUT2D eigenvalue weighted by Crippen LogP contribution is 2.30. The zero-order chi connectivity index (χ0) is 14.5. The standard InChI is InChI=1S/C15H15BrN2OS/c1-18(2)15(19)17-12-6-8-13(9-7-12)20-14-5-3-4-11(16)10-14/h3-10H,1-2H3,(H,17,19). The Morgan fingerprint density at radius 3 is 2.40 bits per heavy atom. The Bertz CT molecular complexity index is 599. The van der Waals surface area contributed by atoms with E-state index in [9.17, 15) is 4.79 Å². The second kappa shape index (κ2) is 6.81. The molecule has 104 valence electrons. The van der Waals surface area contributed by atoms with Gasteiger partial charge in [-0.1, -0.05) is 33.8 Å². The van der Waals surface area contributed by atoms with Crippen molar-refractivity contribution < 1.29 is 4.79 Å². The van der Waals surface area contributed by atoms with E-state index in [1.54, 1.807) is 25.9 Å². The molecule has 0 heterocycles. The SMILES string of the molecule is CN(C)C(=O)Nc1ccc(Sc2cccc(Br)c2)cc1. The Hall–Kier alpha value is -1.46. The summed E-state index contributed by atoms with van der Waals surface area (Å²) in [6, 6.07) is 15.8. The van der Waals surface area contributed by atoms with E-state index < -0.39 is 0 Å². The summed E-state index contributed by atoms with van der Waals surface area (Å²) in [6.07, 6.45) is 0. The van der Waals surface area contributed by atoms with Gasteiger partial charge in [0.15, 0.2) is 0 Å². The van der Waals surface area contributed by atoms with Crippen LogP contribution in [0.3, 0.4) is 0 Å². The molecule has 0 fully saturated rings. The zero-order valence-electron chi connectivity index (χ0n) is 11.3. The molecule has 0 aliphatic carbocycles. The van der Waals surface area contributed by atoms with Gasteiger partial charge >= 0.3 is 6.03 Å². The average molecular weight is 351 g/mol. The van der Waals surface area contributed by atoms with Gasteiger partial charge in [-0.25, -0.2) is 4.79 Å². The van der Waals surface area contributed by atoms with E-state index in [2.05, 4.69) is 33.4 Å². The fourth-order valence-electron chi connectivity index (χ4n) is 1.51. The zero-order valence-corrected chi connectivity index (χ0v) is 13.7. The molecule has 5 heteroatoms. The molecule has 0 spiro atoms. The van der Waals surface area contributed by atoms with Crippen molar-refractivity contribution in [3.8, 4) is 0 Å². The lowest BCUT2D eigenvalue weighted by molar-refractivity contribution is 0.230. The first-order valence-corrected chi connectivity index (χ1v) is 7.67. The van der Waals surface area contributed by atoms with Gasteiger partial charge in [-0.2, -0.15) is 0 Å². The molecule has 0 saturated heterocycles. The number of hydrogen-bond donors (Lipinski definition) is 1. The summed E-state index contributed by atoms with van der Waals surface area (Å²) in [5.74, 6) is 0. The summed E-state index contributed by atoms with van der Waals surface area (Å²) in [4.78, 5) is 15.3. The fourth-order valence-corrected chi connectivity index (χ4v) is 2.94. The molecular weight excluding hydrogens is 336 g/mol. The van der Waals surface area contributed by atoms with Gasteiger partial charge < -0.3 is 10.2 Å². The van der Waals surface area contributed by atoms with Crippen LogP contribution < -0.4 is 5.32 Å². The minimum atomic E-state index is -0.127. The molecular formula is C15H15BrN2OS. The van der Waals surface area contributed by atoms with Gasteiger partial charge in [0.25, 0.3) is 0 Å². The van der Waals surface area contributed by atoms with Crippen molar-refractivity contribution >= 4 is 39.4 Å². The monoisotopic (exact) mass is 350 g/mol. The predicted octanol–water partition coefficient (Wildman–Crippen LogP) is 4.69.